The predicted molar refractivity (Wildman–Crippen MR) is 39.5 cm³/mol. The molecule has 2 unspecified atom stereocenters. The van der Waals surface area contributed by atoms with Crippen molar-refractivity contribution in [1.82, 2.24) is 0 Å². The Morgan fingerprint density at radius 1 is 1.07 bits per heavy atom. The molecule has 1 saturated heterocycles. The molecule has 0 spiro atoms. The zero-order valence-electron chi connectivity index (χ0n) is 7.66. The molecule has 0 aromatic heterocycles. The standard InChI is InChI=1S/C8H10F6O/c9-6(8(12,13)14)7(10,11)5-3-1-2-4-15-5/h5-6H,1-4H2. The molecule has 0 aromatic rings. The van der Waals surface area contributed by atoms with Gasteiger partial charge in [0.2, 0.25) is 0 Å². The van der Waals surface area contributed by atoms with Crippen LogP contribution in [-0.2, 0) is 4.74 Å². The second kappa shape index (κ2) is 4.19. The number of rotatable bonds is 2. The summed E-state index contributed by atoms with van der Waals surface area (Å²) in [6.07, 6.45) is -11.1. The minimum atomic E-state index is -5.55. The van der Waals surface area contributed by atoms with Crippen LogP contribution in [0.15, 0.2) is 0 Å². The molecule has 1 rings (SSSR count). The van der Waals surface area contributed by atoms with Gasteiger partial charge in [0.1, 0.15) is 6.10 Å². The molecule has 1 heterocycles. The third kappa shape index (κ3) is 2.76. The SMILES string of the molecule is FC(C(F)(F)F)C(F)(F)C1CCCCO1. The van der Waals surface area contributed by atoms with Crippen LogP contribution in [0, 0.1) is 0 Å². The van der Waals surface area contributed by atoms with Gasteiger partial charge in [0, 0.05) is 6.61 Å². The van der Waals surface area contributed by atoms with E-state index in [9.17, 15) is 26.3 Å². The van der Waals surface area contributed by atoms with E-state index < -0.39 is 24.4 Å². The van der Waals surface area contributed by atoms with Crippen LogP contribution in [0.5, 0.6) is 0 Å². The van der Waals surface area contributed by atoms with Gasteiger partial charge in [-0.2, -0.15) is 13.2 Å². The molecule has 15 heavy (non-hydrogen) atoms. The summed E-state index contributed by atoms with van der Waals surface area (Å²) in [7, 11) is 0. The first-order valence-corrected chi connectivity index (χ1v) is 4.46. The average Bonchev–Trinajstić information content (AvgIpc) is 2.16. The van der Waals surface area contributed by atoms with E-state index in [1.54, 1.807) is 0 Å². The molecule has 0 N–H and O–H groups in total. The lowest BCUT2D eigenvalue weighted by Crippen LogP contribution is -2.51. The van der Waals surface area contributed by atoms with E-state index in [1.807, 2.05) is 0 Å². The Kier molecular flexibility index (Phi) is 3.52. The maximum Gasteiger partial charge on any atom is 0.425 e. The fourth-order valence-corrected chi connectivity index (χ4v) is 1.43. The summed E-state index contributed by atoms with van der Waals surface area (Å²) in [5, 5.41) is 0. The van der Waals surface area contributed by atoms with Gasteiger partial charge in [-0.15, -0.1) is 0 Å². The second-order valence-corrected chi connectivity index (χ2v) is 3.43. The van der Waals surface area contributed by atoms with Crippen molar-refractivity contribution >= 4 is 0 Å². The largest absolute Gasteiger partial charge is 0.425 e. The topological polar surface area (TPSA) is 9.23 Å². The first-order chi connectivity index (χ1) is 6.76. The first-order valence-electron chi connectivity index (χ1n) is 4.46. The van der Waals surface area contributed by atoms with Gasteiger partial charge in [0.15, 0.2) is 0 Å². The molecule has 1 aliphatic rings. The van der Waals surface area contributed by atoms with E-state index in [4.69, 9.17) is 0 Å². The molecule has 0 amide bonds. The van der Waals surface area contributed by atoms with Crippen molar-refractivity contribution in [2.75, 3.05) is 6.61 Å². The quantitative estimate of drug-likeness (QED) is 0.669. The highest BCUT2D eigenvalue weighted by Crippen LogP contribution is 2.40. The van der Waals surface area contributed by atoms with Crippen molar-refractivity contribution in [2.24, 2.45) is 0 Å². The summed E-state index contributed by atoms with van der Waals surface area (Å²) in [6, 6.07) is 0. The second-order valence-electron chi connectivity index (χ2n) is 3.43. The number of halogens is 6. The van der Waals surface area contributed by atoms with Gasteiger partial charge in [0.05, 0.1) is 0 Å². The highest BCUT2D eigenvalue weighted by molar-refractivity contribution is 4.90. The molecule has 1 nitrogen and oxygen atoms in total. The smallest absolute Gasteiger partial charge is 0.372 e. The summed E-state index contributed by atoms with van der Waals surface area (Å²) in [4.78, 5) is 0. The Balaban J connectivity index is 2.71. The van der Waals surface area contributed by atoms with Crippen molar-refractivity contribution < 1.29 is 31.1 Å². The summed E-state index contributed by atoms with van der Waals surface area (Å²) < 4.78 is 78.3. The van der Waals surface area contributed by atoms with Gasteiger partial charge in [-0.3, -0.25) is 0 Å². The average molecular weight is 236 g/mol. The Bertz CT molecular complexity index is 208. The lowest BCUT2D eigenvalue weighted by Gasteiger charge is -2.32. The van der Waals surface area contributed by atoms with Gasteiger partial charge in [-0.05, 0) is 19.3 Å². The van der Waals surface area contributed by atoms with Gasteiger partial charge in [0.25, 0.3) is 6.17 Å². The van der Waals surface area contributed by atoms with Crippen molar-refractivity contribution in [3.63, 3.8) is 0 Å². The monoisotopic (exact) mass is 236 g/mol. The molecule has 0 radical (unpaired) electrons. The predicted octanol–water partition coefficient (Wildman–Crippen LogP) is 3.09. The summed E-state index contributed by atoms with van der Waals surface area (Å²) in [5.74, 6) is -4.50. The van der Waals surface area contributed by atoms with Crippen LogP contribution >= 0.6 is 0 Å². The molecule has 0 aliphatic carbocycles. The van der Waals surface area contributed by atoms with Crippen LogP contribution in [0.25, 0.3) is 0 Å². The maximum atomic E-state index is 13.0. The summed E-state index contributed by atoms with van der Waals surface area (Å²) in [5.41, 5.74) is 0. The third-order valence-electron chi connectivity index (χ3n) is 2.23. The van der Waals surface area contributed by atoms with Crippen molar-refractivity contribution in [3.8, 4) is 0 Å². The van der Waals surface area contributed by atoms with Gasteiger partial charge in [-0.1, -0.05) is 0 Å². The van der Waals surface area contributed by atoms with Crippen LogP contribution < -0.4 is 0 Å². The zero-order chi connectivity index (χ0) is 11.7. The normalized spacial score (nSPS) is 26.4. The van der Waals surface area contributed by atoms with Crippen molar-refractivity contribution in [1.29, 1.82) is 0 Å². The van der Waals surface area contributed by atoms with E-state index >= 15 is 0 Å². The minimum absolute atomic E-state index is 0.0508. The van der Waals surface area contributed by atoms with Crippen LogP contribution in [0.4, 0.5) is 26.3 Å². The fourth-order valence-electron chi connectivity index (χ4n) is 1.43. The van der Waals surface area contributed by atoms with Gasteiger partial charge < -0.3 is 4.74 Å². The molecule has 0 aromatic carbocycles. The number of hydrogen-bond acceptors (Lipinski definition) is 1. The summed E-state index contributed by atoms with van der Waals surface area (Å²) >= 11 is 0. The number of alkyl halides is 6. The van der Waals surface area contributed by atoms with Crippen molar-refractivity contribution in [2.45, 2.75) is 43.6 Å². The van der Waals surface area contributed by atoms with Crippen LogP contribution in [0.3, 0.4) is 0 Å². The molecular formula is C8H10F6O. The lowest BCUT2D eigenvalue weighted by molar-refractivity contribution is -0.276. The highest BCUT2D eigenvalue weighted by atomic mass is 19.4. The molecule has 0 bridgehead atoms. The molecule has 2 atom stereocenters. The zero-order valence-corrected chi connectivity index (χ0v) is 7.66. The minimum Gasteiger partial charge on any atom is -0.372 e. The first kappa shape index (κ1) is 12.6. The molecule has 90 valence electrons. The Morgan fingerprint density at radius 3 is 2.07 bits per heavy atom. The molecule has 7 heteroatoms. The lowest BCUT2D eigenvalue weighted by atomic mass is 9.99. The Morgan fingerprint density at radius 2 is 1.67 bits per heavy atom. The molecular weight excluding hydrogens is 226 g/mol. The van der Waals surface area contributed by atoms with E-state index in [1.165, 1.54) is 0 Å². The number of hydrogen-bond donors (Lipinski definition) is 0. The molecule has 1 fully saturated rings. The Hall–Kier alpha value is -0.460. The van der Waals surface area contributed by atoms with Crippen molar-refractivity contribution in [3.05, 3.63) is 0 Å². The van der Waals surface area contributed by atoms with Crippen LogP contribution in [-0.4, -0.2) is 31.0 Å². The number of ether oxygens (including phenoxy) is 1. The fraction of sp³-hybridized carbons (Fsp3) is 1.00. The summed E-state index contributed by atoms with van der Waals surface area (Å²) in [6.45, 7) is -0.0508. The van der Waals surface area contributed by atoms with Gasteiger partial charge in [-0.25, -0.2) is 13.2 Å². The maximum absolute atomic E-state index is 13.0. The molecule has 0 saturated carbocycles. The van der Waals surface area contributed by atoms with E-state index in [-0.39, 0.29) is 13.0 Å². The van der Waals surface area contributed by atoms with Crippen LogP contribution in [0.1, 0.15) is 19.3 Å². The van der Waals surface area contributed by atoms with E-state index in [0.29, 0.717) is 12.8 Å². The van der Waals surface area contributed by atoms with E-state index in [0.717, 1.165) is 0 Å². The Labute approximate surface area is 82.4 Å². The van der Waals surface area contributed by atoms with Crippen LogP contribution in [0.2, 0.25) is 0 Å². The van der Waals surface area contributed by atoms with E-state index in [2.05, 4.69) is 4.74 Å². The third-order valence-corrected chi connectivity index (χ3v) is 2.23. The molecule has 1 aliphatic heterocycles. The van der Waals surface area contributed by atoms with Gasteiger partial charge >= 0.3 is 12.1 Å². The highest BCUT2D eigenvalue weighted by Gasteiger charge is 2.61.